The zero-order valence-corrected chi connectivity index (χ0v) is 12.5. The third kappa shape index (κ3) is 1.84. The fraction of sp³-hybridized carbons (Fsp3) is 0.125. The number of carbonyl (C=O) groups is 1. The first-order valence-electron chi connectivity index (χ1n) is 6.60. The summed E-state index contributed by atoms with van der Waals surface area (Å²) in [5.74, 6) is -0.393. The van der Waals surface area contributed by atoms with Crippen molar-refractivity contribution in [2.45, 2.75) is 12.3 Å². The van der Waals surface area contributed by atoms with Crippen LogP contribution in [-0.2, 0) is 0 Å². The first-order valence-corrected chi connectivity index (χ1v) is 7.39. The Hall–Kier alpha value is -2.01. The monoisotopic (exact) mass is 344 g/mol. The van der Waals surface area contributed by atoms with Crippen LogP contribution in [0.15, 0.2) is 47.1 Å². The average Bonchev–Trinajstić information content (AvgIpc) is 2.99. The molecule has 0 saturated carbocycles. The van der Waals surface area contributed by atoms with Crippen LogP contribution in [0.4, 0.5) is 4.39 Å². The van der Waals surface area contributed by atoms with Crippen LogP contribution in [0.5, 0.6) is 0 Å². The van der Waals surface area contributed by atoms with E-state index in [2.05, 4.69) is 20.9 Å². The Morgan fingerprint density at radius 1 is 1.29 bits per heavy atom. The average molecular weight is 345 g/mol. The first kappa shape index (κ1) is 12.7. The Morgan fingerprint density at radius 3 is 2.81 bits per heavy atom. The van der Waals surface area contributed by atoms with Gasteiger partial charge >= 0.3 is 0 Å². The number of hydrogen-bond acceptors (Lipinski definition) is 2. The van der Waals surface area contributed by atoms with Gasteiger partial charge in [-0.05, 0) is 21.5 Å². The van der Waals surface area contributed by atoms with E-state index >= 15 is 0 Å². The summed E-state index contributed by atoms with van der Waals surface area (Å²) in [6, 6.07) is 11.2. The molecule has 0 radical (unpaired) electrons. The Kier molecular flexibility index (Phi) is 2.72. The summed E-state index contributed by atoms with van der Waals surface area (Å²) in [6.07, 6.45) is 2.06. The molecule has 5 heteroatoms. The van der Waals surface area contributed by atoms with Gasteiger partial charge in [0, 0.05) is 24.6 Å². The van der Waals surface area contributed by atoms with E-state index < -0.39 is 0 Å². The van der Waals surface area contributed by atoms with E-state index in [9.17, 15) is 9.18 Å². The van der Waals surface area contributed by atoms with Gasteiger partial charge in [0.15, 0.2) is 5.78 Å². The maximum Gasteiger partial charge on any atom is 0.184 e. The minimum absolute atomic E-state index is 0.0130. The van der Waals surface area contributed by atoms with Gasteiger partial charge in [-0.15, -0.1) is 0 Å². The van der Waals surface area contributed by atoms with Gasteiger partial charge in [0.25, 0.3) is 0 Å². The smallest absolute Gasteiger partial charge is 0.184 e. The maximum absolute atomic E-state index is 13.6. The molecule has 0 unspecified atom stereocenters. The molecule has 0 amide bonds. The van der Waals surface area contributed by atoms with Crippen molar-refractivity contribution >= 4 is 27.4 Å². The molecular formula is C16H10BrFN2O. The fourth-order valence-electron chi connectivity index (χ4n) is 2.94. The molecule has 0 saturated heterocycles. The van der Waals surface area contributed by atoms with Gasteiger partial charge in [-0.2, -0.15) is 0 Å². The van der Waals surface area contributed by atoms with Crippen molar-refractivity contribution in [1.29, 1.82) is 0 Å². The van der Waals surface area contributed by atoms with Crippen molar-refractivity contribution in [2.75, 3.05) is 0 Å². The van der Waals surface area contributed by atoms with Gasteiger partial charge in [-0.1, -0.05) is 30.3 Å². The molecule has 2 aromatic heterocycles. The van der Waals surface area contributed by atoms with E-state index in [4.69, 9.17) is 0 Å². The zero-order chi connectivity index (χ0) is 14.6. The highest BCUT2D eigenvalue weighted by Crippen LogP contribution is 2.38. The summed E-state index contributed by atoms with van der Waals surface area (Å²) in [5.41, 5.74) is 2.85. The number of carbonyl (C=O) groups excluding carboxylic acids is 1. The van der Waals surface area contributed by atoms with Crippen LogP contribution in [0.3, 0.4) is 0 Å². The molecule has 104 valence electrons. The minimum Gasteiger partial charge on any atom is -0.301 e. The lowest BCUT2D eigenvalue weighted by molar-refractivity contribution is 0.0987. The fourth-order valence-corrected chi connectivity index (χ4v) is 3.26. The lowest BCUT2D eigenvalue weighted by Crippen LogP contribution is -2.02. The van der Waals surface area contributed by atoms with E-state index in [1.165, 1.54) is 6.07 Å². The summed E-state index contributed by atoms with van der Waals surface area (Å²) in [7, 11) is 0. The van der Waals surface area contributed by atoms with Crippen LogP contribution < -0.4 is 0 Å². The minimum atomic E-state index is -0.380. The Bertz CT molecular complexity index is 873. The molecule has 2 heterocycles. The molecule has 1 aliphatic rings. The van der Waals surface area contributed by atoms with Crippen molar-refractivity contribution in [3.63, 3.8) is 0 Å². The number of ketones is 1. The molecule has 21 heavy (non-hydrogen) atoms. The van der Waals surface area contributed by atoms with Gasteiger partial charge < -0.3 is 4.40 Å². The molecular weight excluding hydrogens is 335 g/mol. The topological polar surface area (TPSA) is 34.4 Å². The summed E-state index contributed by atoms with van der Waals surface area (Å²) in [4.78, 5) is 16.5. The molecule has 0 aliphatic heterocycles. The molecule has 0 fully saturated rings. The number of aromatic nitrogens is 2. The van der Waals surface area contributed by atoms with Crippen LogP contribution in [0.1, 0.15) is 34.1 Å². The Morgan fingerprint density at radius 2 is 2.05 bits per heavy atom. The Balaban J connectivity index is 1.99. The van der Waals surface area contributed by atoms with Gasteiger partial charge in [-0.3, -0.25) is 4.79 Å². The summed E-state index contributed by atoms with van der Waals surface area (Å²) in [6.45, 7) is 0. The van der Waals surface area contributed by atoms with Gasteiger partial charge in [-0.25, -0.2) is 9.37 Å². The number of fused-ring (bicyclic) bond motifs is 3. The second-order valence-corrected chi connectivity index (χ2v) is 5.99. The van der Waals surface area contributed by atoms with E-state index in [1.54, 1.807) is 6.20 Å². The second kappa shape index (κ2) is 4.49. The van der Waals surface area contributed by atoms with E-state index in [-0.39, 0.29) is 17.5 Å². The zero-order valence-electron chi connectivity index (χ0n) is 10.9. The number of pyridine rings is 1. The molecule has 1 atom stereocenters. The molecule has 3 nitrogen and oxygen atoms in total. The van der Waals surface area contributed by atoms with Crippen LogP contribution in [0.2, 0.25) is 0 Å². The predicted octanol–water partition coefficient (Wildman–Crippen LogP) is 3.95. The predicted molar refractivity (Wildman–Crippen MR) is 80.1 cm³/mol. The van der Waals surface area contributed by atoms with Gasteiger partial charge in [0.2, 0.25) is 0 Å². The van der Waals surface area contributed by atoms with Crippen molar-refractivity contribution in [2.24, 2.45) is 0 Å². The van der Waals surface area contributed by atoms with Crippen LogP contribution in [0.25, 0.3) is 5.65 Å². The molecule has 3 aromatic rings. The van der Waals surface area contributed by atoms with Crippen LogP contribution in [-0.4, -0.2) is 15.2 Å². The molecule has 1 aliphatic carbocycles. The third-order valence-corrected chi connectivity index (χ3v) is 4.47. The van der Waals surface area contributed by atoms with E-state index in [0.717, 1.165) is 11.3 Å². The van der Waals surface area contributed by atoms with Crippen molar-refractivity contribution in [3.05, 3.63) is 69.8 Å². The highest BCUT2D eigenvalue weighted by Gasteiger charge is 2.35. The molecule has 0 N–H and O–H groups in total. The number of nitrogens with zero attached hydrogens (tertiary/aromatic N) is 2. The van der Waals surface area contributed by atoms with Gasteiger partial charge in [0.1, 0.15) is 17.2 Å². The quantitative estimate of drug-likeness (QED) is 0.669. The lowest BCUT2D eigenvalue weighted by atomic mass is 9.97. The number of hydrogen-bond donors (Lipinski definition) is 0. The summed E-state index contributed by atoms with van der Waals surface area (Å²) in [5, 5.41) is 0. The van der Waals surface area contributed by atoms with Crippen LogP contribution >= 0.6 is 15.9 Å². The number of Topliss-reactive ketones (excluding diaryl/α,β-unsaturated/α-hetero) is 1. The molecule has 1 aromatic carbocycles. The lowest BCUT2D eigenvalue weighted by Gasteiger charge is -2.11. The Labute approximate surface area is 128 Å². The maximum atomic E-state index is 13.6. The highest BCUT2D eigenvalue weighted by molar-refractivity contribution is 9.10. The SMILES string of the molecule is O=C1C[C@@H](c2ccccc2)c2c1nc1cc(F)c(Br)cn21. The second-order valence-electron chi connectivity index (χ2n) is 5.13. The number of halogens is 2. The summed E-state index contributed by atoms with van der Waals surface area (Å²) >= 11 is 3.19. The standard InChI is InChI=1S/C16H10BrFN2O/c17-11-8-20-14(7-12(11)18)19-15-13(21)6-10(16(15)20)9-4-2-1-3-5-9/h1-5,7-8,10H,6H2/t10-/m0/s1. The summed E-state index contributed by atoms with van der Waals surface area (Å²) < 4.78 is 15.8. The van der Waals surface area contributed by atoms with Crippen molar-refractivity contribution in [1.82, 2.24) is 9.38 Å². The molecule has 0 bridgehead atoms. The number of rotatable bonds is 1. The van der Waals surface area contributed by atoms with Crippen LogP contribution in [0, 0.1) is 5.82 Å². The van der Waals surface area contributed by atoms with Crippen molar-refractivity contribution in [3.8, 4) is 0 Å². The highest BCUT2D eigenvalue weighted by atomic mass is 79.9. The third-order valence-electron chi connectivity index (χ3n) is 3.89. The first-order chi connectivity index (χ1) is 10.1. The number of imidazole rings is 1. The number of benzene rings is 1. The largest absolute Gasteiger partial charge is 0.301 e. The van der Waals surface area contributed by atoms with E-state index in [0.29, 0.717) is 22.2 Å². The van der Waals surface area contributed by atoms with Gasteiger partial charge in [0.05, 0.1) is 10.2 Å². The molecule has 4 rings (SSSR count). The van der Waals surface area contributed by atoms with Crippen molar-refractivity contribution < 1.29 is 9.18 Å². The van der Waals surface area contributed by atoms with E-state index in [1.807, 2.05) is 34.7 Å². The molecule has 0 spiro atoms. The normalized spacial score (nSPS) is 17.4.